The summed E-state index contributed by atoms with van der Waals surface area (Å²) in [5.74, 6) is 1.45. The highest BCUT2D eigenvalue weighted by Crippen LogP contribution is 2.40. The van der Waals surface area contributed by atoms with Gasteiger partial charge in [-0.3, -0.25) is 0 Å². The van der Waals surface area contributed by atoms with Crippen LogP contribution in [0, 0.1) is 5.92 Å². The predicted molar refractivity (Wildman–Crippen MR) is 92.4 cm³/mol. The second kappa shape index (κ2) is 7.70. The van der Waals surface area contributed by atoms with Crippen molar-refractivity contribution in [1.82, 2.24) is 0 Å². The fourth-order valence-electron chi connectivity index (χ4n) is 2.99. The van der Waals surface area contributed by atoms with E-state index in [-0.39, 0.29) is 5.38 Å². The van der Waals surface area contributed by atoms with E-state index in [0.29, 0.717) is 5.92 Å². The highest BCUT2D eigenvalue weighted by atomic mass is 35.5. The van der Waals surface area contributed by atoms with Crippen molar-refractivity contribution in [2.24, 2.45) is 5.92 Å². The molecule has 1 nitrogen and oxygen atoms in total. The van der Waals surface area contributed by atoms with Gasteiger partial charge in [-0.15, -0.1) is 11.6 Å². The van der Waals surface area contributed by atoms with E-state index in [2.05, 4.69) is 38.1 Å². The Balaban J connectivity index is 2.41. The van der Waals surface area contributed by atoms with Gasteiger partial charge in [0.15, 0.2) is 0 Å². The van der Waals surface area contributed by atoms with Crippen molar-refractivity contribution >= 4 is 22.4 Å². The van der Waals surface area contributed by atoms with Gasteiger partial charge in [-0.1, -0.05) is 63.4 Å². The summed E-state index contributed by atoms with van der Waals surface area (Å²) in [5, 5.41) is 2.43. The van der Waals surface area contributed by atoms with Crippen LogP contribution in [0.3, 0.4) is 0 Å². The zero-order valence-corrected chi connectivity index (χ0v) is 14.0. The molecule has 0 bridgehead atoms. The number of alkyl halides is 1. The molecule has 2 aromatic rings. The predicted octanol–water partition coefficient (Wildman–Crippen LogP) is 6.34. The first kappa shape index (κ1) is 16.2. The zero-order valence-electron chi connectivity index (χ0n) is 13.2. The van der Waals surface area contributed by atoms with Crippen molar-refractivity contribution in [3.8, 4) is 5.75 Å². The molecule has 2 unspecified atom stereocenters. The minimum absolute atomic E-state index is 0.0670. The molecule has 0 aliphatic rings. The van der Waals surface area contributed by atoms with Crippen LogP contribution in [0.2, 0.25) is 0 Å². The molecule has 2 rings (SSSR count). The van der Waals surface area contributed by atoms with E-state index in [4.69, 9.17) is 16.3 Å². The monoisotopic (exact) mass is 304 g/mol. The highest BCUT2D eigenvalue weighted by Gasteiger charge is 2.21. The van der Waals surface area contributed by atoms with Crippen LogP contribution in [-0.2, 0) is 0 Å². The number of methoxy groups -OCH3 is 1. The Hall–Kier alpha value is -1.21. The summed E-state index contributed by atoms with van der Waals surface area (Å²) in [7, 11) is 1.72. The number of hydrogen-bond donors (Lipinski definition) is 0. The third-order valence-electron chi connectivity index (χ3n) is 4.30. The normalized spacial score (nSPS) is 14.1. The topological polar surface area (TPSA) is 9.23 Å². The Bertz CT molecular complexity index is 579. The van der Waals surface area contributed by atoms with Crippen LogP contribution in [0.1, 0.15) is 50.5 Å². The van der Waals surface area contributed by atoms with Gasteiger partial charge in [-0.2, -0.15) is 0 Å². The Morgan fingerprint density at radius 3 is 2.38 bits per heavy atom. The first-order valence-corrected chi connectivity index (χ1v) is 8.36. The van der Waals surface area contributed by atoms with Crippen molar-refractivity contribution in [3.63, 3.8) is 0 Å². The third kappa shape index (κ3) is 3.52. The highest BCUT2D eigenvalue weighted by molar-refractivity contribution is 6.22. The lowest BCUT2D eigenvalue weighted by molar-refractivity contribution is 0.418. The van der Waals surface area contributed by atoms with E-state index in [0.717, 1.165) is 17.6 Å². The first-order valence-electron chi connectivity index (χ1n) is 7.92. The SMILES string of the molecule is CCCCC(CC)C(Cl)c1ccc(OC)c2ccccc12. The maximum atomic E-state index is 6.84. The van der Waals surface area contributed by atoms with Gasteiger partial charge in [-0.05, 0) is 29.4 Å². The van der Waals surface area contributed by atoms with Crippen LogP contribution in [0.4, 0.5) is 0 Å². The van der Waals surface area contributed by atoms with E-state index in [1.165, 1.54) is 30.2 Å². The lowest BCUT2D eigenvalue weighted by Gasteiger charge is -2.23. The molecular weight excluding hydrogens is 280 g/mol. The van der Waals surface area contributed by atoms with Crippen molar-refractivity contribution in [2.45, 2.75) is 44.9 Å². The van der Waals surface area contributed by atoms with Crippen molar-refractivity contribution in [1.29, 1.82) is 0 Å². The van der Waals surface area contributed by atoms with Gasteiger partial charge in [0, 0.05) is 5.39 Å². The maximum Gasteiger partial charge on any atom is 0.126 e. The number of unbranched alkanes of at least 4 members (excludes halogenated alkanes) is 1. The minimum Gasteiger partial charge on any atom is -0.496 e. The van der Waals surface area contributed by atoms with Crippen molar-refractivity contribution in [3.05, 3.63) is 42.0 Å². The molecule has 0 aromatic heterocycles. The number of fused-ring (bicyclic) bond motifs is 1. The molecule has 21 heavy (non-hydrogen) atoms. The Morgan fingerprint density at radius 2 is 1.76 bits per heavy atom. The molecule has 0 radical (unpaired) electrons. The lowest BCUT2D eigenvalue weighted by Crippen LogP contribution is -2.08. The molecule has 114 valence electrons. The van der Waals surface area contributed by atoms with Crippen LogP contribution >= 0.6 is 11.6 Å². The minimum atomic E-state index is 0.0670. The standard InChI is InChI=1S/C19H25ClO/c1-4-6-9-14(5-2)19(20)17-12-13-18(21-3)16-11-8-7-10-15(16)17/h7-8,10-14,19H,4-6,9H2,1-3H3. The van der Waals surface area contributed by atoms with E-state index in [1.54, 1.807) is 7.11 Å². The number of benzene rings is 2. The van der Waals surface area contributed by atoms with E-state index in [1.807, 2.05) is 12.1 Å². The molecule has 0 heterocycles. The molecular formula is C19H25ClO. The maximum absolute atomic E-state index is 6.84. The van der Waals surface area contributed by atoms with Crippen molar-refractivity contribution in [2.75, 3.05) is 7.11 Å². The van der Waals surface area contributed by atoms with Crippen molar-refractivity contribution < 1.29 is 4.74 Å². The van der Waals surface area contributed by atoms with Gasteiger partial charge in [-0.25, -0.2) is 0 Å². The fourth-order valence-corrected chi connectivity index (χ4v) is 3.49. The summed E-state index contributed by atoms with van der Waals surface area (Å²) in [5.41, 5.74) is 1.23. The molecule has 0 saturated heterocycles. The van der Waals surface area contributed by atoms with Gasteiger partial charge < -0.3 is 4.74 Å². The van der Waals surface area contributed by atoms with E-state index >= 15 is 0 Å². The third-order valence-corrected chi connectivity index (χ3v) is 4.89. The van der Waals surface area contributed by atoms with Crippen LogP contribution < -0.4 is 4.74 Å². The zero-order chi connectivity index (χ0) is 15.2. The smallest absolute Gasteiger partial charge is 0.126 e. The lowest BCUT2D eigenvalue weighted by atomic mass is 9.89. The molecule has 2 atom stereocenters. The fraction of sp³-hybridized carbons (Fsp3) is 0.474. The molecule has 0 fully saturated rings. The van der Waals surface area contributed by atoms with Gasteiger partial charge >= 0.3 is 0 Å². The molecule has 0 N–H and O–H groups in total. The Morgan fingerprint density at radius 1 is 1.05 bits per heavy atom. The number of rotatable bonds is 7. The first-order chi connectivity index (χ1) is 10.2. The van der Waals surface area contributed by atoms with Crippen LogP contribution in [0.5, 0.6) is 5.75 Å². The number of halogens is 1. The van der Waals surface area contributed by atoms with E-state index < -0.39 is 0 Å². The Kier molecular flexibility index (Phi) is 5.93. The summed E-state index contributed by atoms with van der Waals surface area (Å²) < 4.78 is 5.47. The van der Waals surface area contributed by atoms with Gasteiger partial charge in [0.05, 0.1) is 12.5 Å². The summed E-state index contributed by atoms with van der Waals surface area (Å²) in [6, 6.07) is 12.5. The van der Waals surface area contributed by atoms with Gasteiger partial charge in [0.2, 0.25) is 0 Å². The summed E-state index contributed by atoms with van der Waals surface area (Å²) in [6.07, 6.45) is 4.79. The molecule has 0 amide bonds. The van der Waals surface area contributed by atoms with Gasteiger partial charge in [0.1, 0.15) is 5.75 Å². The summed E-state index contributed by atoms with van der Waals surface area (Å²) in [4.78, 5) is 0. The molecule has 0 spiro atoms. The number of ether oxygens (including phenoxy) is 1. The molecule has 0 aliphatic heterocycles. The summed E-state index contributed by atoms with van der Waals surface area (Å²) >= 11 is 6.84. The molecule has 2 aromatic carbocycles. The van der Waals surface area contributed by atoms with Crippen LogP contribution in [-0.4, -0.2) is 7.11 Å². The molecule has 0 aliphatic carbocycles. The Labute approximate surface area is 133 Å². The second-order valence-electron chi connectivity index (χ2n) is 5.61. The molecule has 2 heteroatoms. The van der Waals surface area contributed by atoms with Crippen LogP contribution in [0.15, 0.2) is 36.4 Å². The largest absolute Gasteiger partial charge is 0.496 e. The van der Waals surface area contributed by atoms with Crippen LogP contribution in [0.25, 0.3) is 10.8 Å². The average Bonchev–Trinajstić information content (AvgIpc) is 2.54. The average molecular weight is 305 g/mol. The quantitative estimate of drug-likeness (QED) is 0.542. The van der Waals surface area contributed by atoms with Gasteiger partial charge in [0.25, 0.3) is 0 Å². The molecule has 0 saturated carbocycles. The number of hydrogen-bond acceptors (Lipinski definition) is 1. The second-order valence-corrected chi connectivity index (χ2v) is 6.09. The van der Waals surface area contributed by atoms with E-state index in [9.17, 15) is 0 Å². The summed E-state index contributed by atoms with van der Waals surface area (Å²) in [6.45, 7) is 4.47.